The second kappa shape index (κ2) is 9.34. The Morgan fingerprint density at radius 1 is 1.18 bits per heavy atom. The Morgan fingerprint density at radius 2 is 1.88 bits per heavy atom. The predicted octanol–water partition coefficient (Wildman–Crippen LogP) is 3.02. The van der Waals surface area contributed by atoms with Gasteiger partial charge in [-0.05, 0) is 37.3 Å². The topological polar surface area (TPSA) is 86.8 Å². The molecule has 33 heavy (non-hydrogen) atoms. The molecule has 0 radical (unpaired) electrons. The van der Waals surface area contributed by atoms with Crippen LogP contribution in [0.4, 0.5) is 15.8 Å². The zero-order chi connectivity index (χ0) is 23.8. The highest BCUT2D eigenvalue weighted by Crippen LogP contribution is 2.37. The summed E-state index contributed by atoms with van der Waals surface area (Å²) in [4.78, 5) is 29.3. The largest absolute Gasteiger partial charge is 0.366 e. The van der Waals surface area contributed by atoms with Crippen molar-refractivity contribution in [1.82, 2.24) is 4.90 Å². The molecule has 2 heterocycles. The summed E-state index contributed by atoms with van der Waals surface area (Å²) < 4.78 is 40.0. The van der Waals surface area contributed by atoms with Crippen LogP contribution in [-0.4, -0.2) is 62.3 Å². The highest BCUT2D eigenvalue weighted by molar-refractivity contribution is 8.01. The lowest BCUT2D eigenvalue weighted by Crippen LogP contribution is -2.51. The third-order valence-corrected chi connectivity index (χ3v) is 9.01. The fourth-order valence-electron chi connectivity index (χ4n) is 4.07. The van der Waals surface area contributed by atoms with Crippen LogP contribution in [0.5, 0.6) is 0 Å². The van der Waals surface area contributed by atoms with Gasteiger partial charge in [0.05, 0.1) is 27.3 Å². The number of thioether (sulfide) groups is 1. The van der Waals surface area contributed by atoms with Gasteiger partial charge in [-0.2, -0.15) is 0 Å². The van der Waals surface area contributed by atoms with Crippen LogP contribution in [-0.2, 0) is 19.4 Å². The van der Waals surface area contributed by atoms with E-state index in [4.69, 9.17) is 0 Å². The number of nitrogens with one attached hydrogen (secondary N) is 1. The minimum absolute atomic E-state index is 0.0840. The van der Waals surface area contributed by atoms with Gasteiger partial charge in [0.1, 0.15) is 5.82 Å². The molecule has 0 unspecified atom stereocenters. The number of para-hydroxylation sites is 1. The minimum atomic E-state index is -3.74. The number of rotatable bonds is 5. The molecule has 2 amide bonds. The van der Waals surface area contributed by atoms with Crippen LogP contribution in [0, 0.1) is 11.7 Å². The summed E-state index contributed by atoms with van der Waals surface area (Å²) in [5.74, 6) is -1.75. The Morgan fingerprint density at radius 3 is 2.58 bits per heavy atom. The average molecular weight is 492 g/mol. The summed E-state index contributed by atoms with van der Waals surface area (Å²) in [6.07, 6.45) is 0. The van der Waals surface area contributed by atoms with Crippen LogP contribution in [0.3, 0.4) is 0 Å². The van der Waals surface area contributed by atoms with Crippen molar-refractivity contribution in [3.05, 3.63) is 48.3 Å². The van der Waals surface area contributed by atoms with Gasteiger partial charge in [-0.3, -0.25) is 9.59 Å². The summed E-state index contributed by atoms with van der Waals surface area (Å²) in [5, 5.41) is 2.50. The van der Waals surface area contributed by atoms with Gasteiger partial charge >= 0.3 is 0 Å². The maximum absolute atomic E-state index is 14.0. The van der Waals surface area contributed by atoms with Gasteiger partial charge in [0.25, 0.3) is 0 Å². The van der Waals surface area contributed by atoms with Crippen molar-refractivity contribution in [2.45, 2.75) is 28.9 Å². The Hall–Kier alpha value is -2.59. The fourth-order valence-corrected chi connectivity index (χ4v) is 6.56. The molecule has 1 N–H and O–H groups in total. The molecule has 2 aliphatic heterocycles. The molecule has 4 rings (SSSR count). The molecule has 2 aromatic carbocycles. The van der Waals surface area contributed by atoms with E-state index < -0.39 is 15.8 Å². The van der Waals surface area contributed by atoms with Crippen molar-refractivity contribution in [3.63, 3.8) is 0 Å². The molecule has 0 saturated carbocycles. The van der Waals surface area contributed by atoms with E-state index in [9.17, 15) is 22.4 Å². The highest BCUT2D eigenvalue weighted by atomic mass is 32.2. The van der Waals surface area contributed by atoms with Crippen LogP contribution in [0.25, 0.3) is 0 Å². The van der Waals surface area contributed by atoms with E-state index in [2.05, 4.69) is 5.32 Å². The predicted molar refractivity (Wildman–Crippen MR) is 127 cm³/mol. The summed E-state index contributed by atoms with van der Waals surface area (Å²) in [5.41, 5.74) is 0.986. The maximum Gasteiger partial charge on any atom is 0.237 e. The molecule has 2 atom stereocenters. The smallest absolute Gasteiger partial charge is 0.237 e. The van der Waals surface area contributed by atoms with Crippen LogP contribution < -0.4 is 10.2 Å². The molecule has 10 heteroatoms. The quantitative estimate of drug-likeness (QED) is 0.692. The number of halogens is 1. The van der Waals surface area contributed by atoms with E-state index in [-0.39, 0.29) is 33.5 Å². The van der Waals surface area contributed by atoms with Crippen molar-refractivity contribution in [2.75, 3.05) is 42.1 Å². The number of fused-ring (bicyclic) bond motifs is 1. The van der Waals surface area contributed by atoms with Crippen molar-refractivity contribution >= 4 is 44.8 Å². The second-order valence-corrected chi connectivity index (χ2v) is 11.8. The average Bonchev–Trinajstić information content (AvgIpc) is 2.79. The first-order valence-electron chi connectivity index (χ1n) is 10.8. The molecule has 176 valence electrons. The standard InChI is InChI=1S/C23H26FN3O4S2/c1-15(23(29)27-11-9-26(10-12-27)20-6-4-3-5-18(20)24)14-33(30,31)17-7-8-21-19(13-17)25-22(28)16(2)32-21/h3-8,13,15-16H,9-12,14H2,1-2H3,(H,25,28)/t15-,16-/m1/s1. The number of anilines is 2. The molecule has 0 aliphatic carbocycles. The Labute approximate surface area is 197 Å². The van der Waals surface area contributed by atoms with Gasteiger partial charge in [0, 0.05) is 37.0 Å². The highest BCUT2D eigenvalue weighted by Gasteiger charge is 2.31. The van der Waals surface area contributed by atoms with Crippen molar-refractivity contribution in [1.29, 1.82) is 0 Å². The third-order valence-electron chi connectivity index (χ3n) is 5.92. The zero-order valence-electron chi connectivity index (χ0n) is 18.5. The van der Waals surface area contributed by atoms with Crippen molar-refractivity contribution < 1.29 is 22.4 Å². The molecule has 2 aromatic rings. The molecular formula is C23H26FN3O4S2. The van der Waals surface area contributed by atoms with Gasteiger partial charge in [0.15, 0.2) is 9.84 Å². The number of hydrogen-bond donors (Lipinski definition) is 1. The third kappa shape index (κ3) is 5.01. The van der Waals surface area contributed by atoms with Crippen molar-refractivity contribution in [2.24, 2.45) is 5.92 Å². The van der Waals surface area contributed by atoms with E-state index in [0.717, 1.165) is 4.90 Å². The molecule has 2 aliphatic rings. The molecule has 0 spiro atoms. The number of nitrogens with zero attached hydrogens (tertiary/aromatic N) is 2. The normalized spacial score (nSPS) is 19.6. The number of hydrogen-bond acceptors (Lipinski definition) is 6. The van der Waals surface area contributed by atoms with E-state index in [0.29, 0.717) is 37.6 Å². The number of amides is 2. The first-order chi connectivity index (χ1) is 15.7. The lowest BCUT2D eigenvalue weighted by Gasteiger charge is -2.37. The number of benzene rings is 2. The van der Waals surface area contributed by atoms with Crippen molar-refractivity contribution in [3.8, 4) is 0 Å². The number of carbonyl (C=O) groups excluding carboxylic acids is 2. The monoisotopic (exact) mass is 491 g/mol. The van der Waals surface area contributed by atoms with Crippen LogP contribution in [0.15, 0.2) is 52.3 Å². The molecule has 1 fully saturated rings. The Kier molecular flexibility index (Phi) is 6.67. The summed E-state index contributed by atoms with van der Waals surface area (Å²) in [6.45, 7) is 5.16. The fraction of sp³-hybridized carbons (Fsp3) is 0.391. The van der Waals surface area contributed by atoms with Gasteiger partial charge < -0.3 is 15.1 Å². The molecule has 0 aromatic heterocycles. The van der Waals surface area contributed by atoms with Gasteiger partial charge in [-0.25, -0.2) is 12.8 Å². The first-order valence-corrected chi connectivity index (χ1v) is 13.3. The number of carbonyl (C=O) groups is 2. The number of piperazine rings is 1. The van der Waals surface area contributed by atoms with E-state index >= 15 is 0 Å². The summed E-state index contributed by atoms with van der Waals surface area (Å²) in [6, 6.07) is 11.2. The lowest BCUT2D eigenvalue weighted by atomic mass is 10.1. The number of sulfone groups is 1. The Balaban J connectivity index is 1.39. The summed E-state index contributed by atoms with van der Waals surface area (Å²) >= 11 is 1.38. The van der Waals surface area contributed by atoms with Crippen LogP contribution >= 0.6 is 11.8 Å². The van der Waals surface area contributed by atoms with Gasteiger partial charge in [0.2, 0.25) is 11.8 Å². The molecular weight excluding hydrogens is 465 g/mol. The molecule has 1 saturated heterocycles. The Bertz CT molecular complexity index is 1180. The summed E-state index contributed by atoms with van der Waals surface area (Å²) in [7, 11) is -3.74. The van der Waals surface area contributed by atoms with E-state index in [1.807, 2.05) is 4.90 Å². The molecule has 0 bridgehead atoms. The molecule has 7 nitrogen and oxygen atoms in total. The van der Waals surface area contributed by atoms with E-state index in [1.54, 1.807) is 43.0 Å². The minimum Gasteiger partial charge on any atom is -0.366 e. The van der Waals surface area contributed by atoms with Gasteiger partial charge in [-0.15, -0.1) is 11.8 Å². The van der Waals surface area contributed by atoms with Crippen LogP contribution in [0.2, 0.25) is 0 Å². The SMILES string of the molecule is C[C@H](CS(=O)(=O)c1ccc2c(c1)NC(=O)[C@@H](C)S2)C(=O)N1CCN(c2ccccc2F)CC1. The van der Waals surface area contributed by atoms with Crippen LogP contribution in [0.1, 0.15) is 13.8 Å². The first kappa shape index (κ1) is 23.6. The second-order valence-electron chi connectivity index (χ2n) is 8.35. The zero-order valence-corrected chi connectivity index (χ0v) is 20.1. The van der Waals surface area contributed by atoms with E-state index in [1.165, 1.54) is 30.0 Å². The lowest BCUT2D eigenvalue weighted by molar-refractivity contribution is -0.134. The van der Waals surface area contributed by atoms with Gasteiger partial charge in [-0.1, -0.05) is 19.1 Å². The maximum atomic E-state index is 14.0.